The third-order valence-corrected chi connectivity index (χ3v) is 4.83. The molecule has 0 spiro atoms. The van der Waals surface area contributed by atoms with Crippen molar-refractivity contribution in [1.29, 1.82) is 0 Å². The number of aromatic nitrogens is 2. The fourth-order valence-corrected chi connectivity index (χ4v) is 3.18. The minimum atomic E-state index is 0.609. The van der Waals surface area contributed by atoms with Crippen LogP contribution in [0.2, 0.25) is 5.02 Å². The van der Waals surface area contributed by atoms with Gasteiger partial charge in [0.15, 0.2) is 0 Å². The van der Waals surface area contributed by atoms with Crippen molar-refractivity contribution in [2.45, 2.75) is 19.3 Å². The molecule has 2 aromatic heterocycles. The molecule has 140 valence electrons. The second-order valence-corrected chi connectivity index (χ2v) is 6.92. The van der Waals surface area contributed by atoms with Crippen LogP contribution in [0.25, 0.3) is 11.1 Å². The van der Waals surface area contributed by atoms with E-state index in [1.165, 1.54) is 0 Å². The standard InChI is InChI=1S/C19H26ClN5O/c20-18-13-25-19(23-5-1-4-21)9-17(18)15-8-16(12-22-11-15)24-10-14-2-6-26-7-3-14/h8-9,11-14,24H,1-7,10,21H2,(H,23,25). The van der Waals surface area contributed by atoms with Crippen molar-refractivity contribution in [3.63, 3.8) is 0 Å². The summed E-state index contributed by atoms with van der Waals surface area (Å²) < 4.78 is 5.41. The Hall–Kier alpha value is -1.89. The number of anilines is 2. The number of nitrogens with two attached hydrogens (primary N) is 1. The molecule has 6 nitrogen and oxygen atoms in total. The average Bonchev–Trinajstić information content (AvgIpc) is 2.69. The first kappa shape index (κ1) is 18.9. The molecule has 26 heavy (non-hydrogen) atoms. The lowest BCUT2D eigenvalue weighted by Crippen LogP contribution is -2.22. The SMILES string of the molecule is NCCCNc1cc(-c2cncc(NCC3CCOCC3)c2)c(Cl)cn1. The highest BCUT2D eigenvalue weighted by Crippen LogP contribution is 2.30. The third kappa shape index (κ3) is 5.30. The molecular formula is C19H26ClN5O. The summed E-state index contributed by atoms with van der Waals surface area (Å²) in [6, 6.07) is 4.04. The van der Waals surface area contributed by atoms with Gasteiger partial charge in [-0.2, -0.15) is 0 Å². The summed E-state index contributed by atoms with van der Waals surface area (Å²) in [5.74, 6) is 1.44. The molecule has 0 radical (unpaired) electrons. The summed E-state index contributed by atoms with van der Waals surface area (Å²) in [7, 11) is 0. The first-order chi connectivity index (χ1) is 12.8. The molecule has 7 heteroatoms. The van der Waals surface area contributed by atoms with Crippen molar-refractivity contribution in [2.24, 2.45) is 11.7 Å². The van der Waals surface area contributed by atoms with Crippen LogP contribution in [0.4, 0.5) is 11.5 Å². The van der Waals surface area contributed by atoms with Crippen molar-refractivity contribution in [3.8, 4) is 11.1 Å². The number of hydrogen-bond acceptors (Lipinski definition) is 6. The molecule has 2 aromatic rings. The van der Waals surface area contributed by atoms with Crippen LogP contribution >= 0.6 is 11.6 Å². The smallest absolute Gasteiger partial charge is 0.126 e. The topological polar surface area (TPSA) is 85.1 Å². The fraction of sp³-hybridized carbons (Fsp3) is 0.474. The highest BCUT2D eigenvalue weighted by Gasteiger charge is 2.14. The van der Waals surface area contributed by atoms with E-state index in [0.717, 1.165) is 68.2 Å². The Balaban J connectivity index is 1.69. The van der Waals surface area contributed by atoms with Gasteiger partial charge in [0.05, 0.1) is 10.7 Å². The minimum absolute atomic E-state index is 0.609. The van der Waals surface area contributed by atoms with Crippen LogP contribution < -0.4 is 16.4 Å². The minimum Gasteiger partial charge on any atom is -0.384 e. The van der Waals surface area contributed by atoms with Gasteiger partial charge in [0.2, 0.25) is 0 Å². The normalized spacial score (nSPS) is 15.0. The predicted octanol–water partition coefficient (Wildman–Crippen LogP) is 3.40. The molecular weight excluding hydrogens is 350 g/mol. The molecule has 0 aromatic carbocycles. The van der Waals surface area contributed by atoms with Gasteiger partial charge in [0.1, 0.15) is 5.82 Å². The van der Waals surface area contributed by atoms with Crippen molar-refractivity contribution in [3.05, 3.63) is 35.7 Å². The Labute approximate surface area is 159 Å². The van der Waals surface area contributed by atoms with Crippen molar-refractivity contribution < 1.29 is 4.74 Å². The van der Waals surface area contributed by atoms with Gasteiger partial charge >= 0.3 is 0 Å². The van der Waals surface area contributed by atoms with Gasteiger partial charge in [0.25, 0.3) is 0 Å². The Morgan fingerprint density at radius 2 is 2.00 bits per heavy atom. The summed E-state index contributed by atoms with van der Waals surface area (Å²) >= 11 is 6.37. The number of pyridine rings is 2. The summed E-state index contributed by atoms with van der Waals surface area (Å²) in [6.07, 6.45) is 8.45. The van der Waals surface area contributed by atoms with E-state index in [2.05, 4.69) is 26.7 Å². The highest BCUT2D eigenvalue weighted by atomic mass is 35.5. The van der Waals surface area contributed by atoms with Crippen LogP contribution in [0.15, 0.2) is 30.7 Å². The predicted molar refractivity (Wildman–Crippen MR) is 107 cm³/mol. The number of halogens is 1. The second kappa shape index (κ2) is 9.71. The van der Waals surface area contributed by atoms with E-state index in [-0.39, 0.29) is 0 Å². The molecule has 3 rings (SSSR count). The first-order valence-electron chi connectivity index (χ1n) is 9.13. The van der Waals surface area contributed by atoms with Crippen molar-refractivity contribution in [1.82, 2.24) is 9.97 Å². The van der Waals surface area contributed by atoms with Crippen LogP contribution in [-0.4, -0.2) is 42.8 Å². The number of hydrogen-bond donors (Lipinski definition) is 3. The molecule has 0 atom stereocenters. The van der Waals surface area contributed by atoms with Gasteiger partial charge in [-0.05, 0) is 43.9 Å². The van der Waals surface area contributed by atoms with Crippen LogP contribution in [0.1, 0.15) is 19.3 Å². The molecule has 1 saturated heterocycles. The van der Waals surface area contributed by atoms with Crippen LogP contribution in [0, 0.1) is 5.92 Å². The summed E-state index contributed by atoms with van der Waals surface area (Å²) in [6.45, 7) is 4.09. The lowest BCUT2D eigenvalue weighted by Gasteiger charge is -2.22. The van der Waals surface area contributed by atoms with Crippen LogP contribution in [0.3, 0.4) is 0 Å². The maximum Gasteiger partial charge on any atom is 0.126 e. The lowest BCUT2D eigenvalue weighted by atomic mass is 10.0. The summed E-state index contributed by atoms with van der Waals surface area (Å²) in [5.41, 5.74) is 8.42. The number of rotatable bonds is 8. The largest absolute Gasteiger partial charge is 0.384 e. The lowest BCUT2D eigenvalue weighted by molar-refractivity contribution is 0.0699. The average molecular weight is 376 g/mol. The maximum atomic E-state index is 6.37. The van der Waals surface area contributed by atoms with E-state index >= 15 is 0 Å². The molecule has 1 fully saturated rings. The highest BCUT2D eigenvalue weighted by molar-refractivity contribution is 6.33. The Morgan fingerprint density at radius 3 is 2.81 bits per heavy atom. The van der Waals surface area contributed by atoms with Crippen molar-refractivity contribution in [2.75, 3.05) is 43.5 Å². The third-order valence-electron chi connectivity index (χ3n) is 4.53. The van der Waals surface area contributed by atoms with E-state index in [9.17, 15) is 0 Å². The number of nitrogens with one attached hydrogen (secondary N) is 2. The Bertz CT molecular complexity index is 706. The van der Waals surface area contributed by atoms with Gasteiger partial charge in [0, 0.05) is 56.0 Å². The van der Waals surface area contributed by atoms with Gasteiger partial charge < -0.3 is 21.1 Å². The van der Waals surface area contributed by atoms with Gasteiger partial charge in [-0.25, -0.2) is 4.98 Å². The van der Waals surface area contributed by atoms with E-state index in [4.69, 9.17) is 22.1 Å². The molecule has 3 heterocycles. The van der Waals surface area contributed by atoms with E-state index in [1.807, 2.05) is 18.5 Å². The number of nitrogens with zero attached hydrogens (tertiary/aromatic N) is 2. The fourth-order valence-electron chi connectivity index (χ4n) is 2.97. The van der Waals surface area contributed by atoms with Gasteiger partial charge in [-0.1, -0.05) is 11.6 Å². The molecule has 4 N–H and O–H groups in total. The quantitative estimate of drug-likeness (QED) is 0.613. The Morgan fingerprint density at radius 1 is 1.15 bits per heavy atom. The Kier molecular flexibility index (Phi) is 7.05. The zero-order valence-corrected chi connectivity index (χ0v) is 15.6. The summed E-state index contributed by atoms with van der Waals surface area (Å²) in [4.78, 5) is 8.69. The zero-order chi connectivity index (χ0) is 18.2. The molecule has 0 bridgehead atoms. The second-order valence-electron chi connectivity index (χ2n) is 6.52. The van der Waals surface area contributed by atoms with E-state index in [1.54, 1.807) is 6.20 Å². The molecule has 0 saturated carbocycles. The molecule has 1 aliphatic rings. The zero-order valence-electron chi connectivity index (χ0n) is 14.9. The first-order valence-corrected chi connectivity index (χ1v) is 9.50. The van der Waals surface area contributed by atoms with Gasteiger partial charge in [-0.3, -0.25) is 4.98 Å². The molecule has 0 unspecified atom stereocenters. The monoisotopic (exact) mass is 375 g/mol. The van der Waals surface area contributed by atoms with Crippen LogP contribution in [-0.2, 0) is 4.74 Å². The molecule has 0 amide bonds. The molecule has 1 aliphatic heterocycles. The number of ether oxygens (including phenoxy) is 1. The van der Waals surface area contributed by atoms with Crippen molar-refractivity contribution >= 4 is 23.1 Å². The van der Waals surface area contributed by atoms with Crippen LogP contribution in [0.5, 0.6) is 0 Å². The maximum absolute atomic E-state index is 6.37. The van der Waals surface area contributed by atoms with E-state index in [0.29, 0.717) is 17.5 Å². The molecule has 0 aliphatic carbocycles. The van der Waals surface area contributed by atoms with E-state index < -0.39 is 0 Å². The van der Waals surface area contributed by atoms with Gasteiger partial charge in [-0.15, -0.1) is 0 Å². The summed E-state index contributed by atoms with van der Waals surface area (Å²) in [5, 5.41) is 7.37.